The van der Waals surface area contributed by atoms with E-state index in [2.05, 4.69) is 5.32 Å². The number of anilines is 2. The van der Waals surface area contributed by atoms with E-state index in [0.717, 1.165) is 16.1 Å². The highest BCUT2D eigenvalue weighted by molar-refractivity contribution is 8.00. The van der Waals surface area contributed by atoms with Crippen LogP contribution in [-0.2, 0) is 4.79 Å². The fraction of sp³-hybridized carbons (Fsp3) is 0.133. The highest BCUT2D eigenvalue weighted by Crippen LogP contribution is 2.26. The van der Waals surface area contributed by atoms with Crippen molar-refractivity contribution < 1.29 is 4.79 Å². The zero-order valence-corrected chi connectivity index (χ0v) is 12.6. The number of rotatable bonds is 4. The lowest BCUT2D eigenvalue weighted by Crippen LogP contribution is -2.13. The molecule has 0 unspecified atom stereocenters. The second-order valence-corrected chi connectivity index (χ2v) is 5.85. The third-order valence-corrected chi connectivity index (χ3v) is 3.96. The third kappa shape index (κ3) is 4.18. The highest BCUT2D eigenvalue weighted by Gasteiger charge is 2.05. The number of benzene rings is 2. The molecular weight excluding hydrogens is 292 g/mol. The van der Waals surface area contributed by atoms with Crippen LogP contribution in [0.1, 0.15) is 5.56 Å². The third-order valence-electron chi connectivity index (χ3n) is 2.64. The molecule has 2 aromatic rings. The molecule has 0 fully saturated rings. The van der Waals surface area contributed by atoms with Gasteiger partial charge in [0.1, 0.15) is 0 Å². The summed E-state index contributed by atoms with van der Waals surface area (Å²) < 4.78 is 0. The molecule has 3 nitrogen and oxygen atoms in total. The standard InChI is InChI=1S/C15H15ClN2OS/c1-10-3-2-4-11(7-10)18-15(19)9-20-12-5-6-14(17)13(16)8-12/h2-8H,9,17H2,1H3,(H,18,19). The van der Waals surface area contributed by atoms with Gasteiger partial charge in [-0.25, -0.2) is 0 Å². The van der Waals surface area contributed by atoms with Crippen LogP contribution in [0.2, 0.25) is 5.02 Å². The summed E-state index contributed by atoms with van der Waals surface area (Å²) in [7, 11) is 0. The molecule has 0 aliphatic rings. The van der Waals surface area contributed by atoms with Crippen LogP contribution in [0.4, 0.5) is 11.4 Å². The van der Waals surface area contributed by atoms with Crippen LogP contribution in [0.5, 0.6) is 0 Å². The minimum atomic E-state index is -0.0476. The van der Waals surface area contributed by atoms with E-state index in [4.69, 9.17) is 17.3 Å². The van der Waals surface area contributed by atoms with E-state index in [1.54, 1.807) is 12.1 Å². The Hall–Kier alpha value is -1.65. The van der Waals surface area contributed by atoms with Crippen LogP contribution >= 0.6 is 23.4 Å². The van der Waals surface area contributed by atoms with Gasteiger partial charge >= 0.3 is 0 Å². The molecule has 2 aromatic carbocycles. The van der Waals surface area contributed by atoms with Crippen molar-refractivity contribution in [3.8, 4) is 0 Å². The molecular formula is C15H15ClN2OS. The maximum Gasteiger partial charge on any atom is 0.234 e. The molecule has 2 rings (SSSR count). The fourth-order valence-corrected chi connectivity index (χ4v) is 2.65. The number of carbonyl (C=O) groups is 1. The van der Waals surface area contributed by atoms with Gasteiger partial charge in [-0.15, -0.1) is 11.8 Å². The van der Waals surface area contributed by atoms with Crippen molar-refractivity contribution in [2.75, 3.05) is 16.8 Å². The number of halogens is 1. The van der Waals surface area contributed by atoms with E-state index < -0.39 is 0 Å². The maximum atomic E-state index is 11.9. The van der Waals surface area contributed by atoms with E-state index in [1.165, 1.54) is 11.8 Å². The summed E-state index contributed by atoms with van der Waals surface area (Å²) in [4.78, 5) is 12.8. The zero-order valence-electron chi connectivity index (χ0n) is 11.0. The first-order chi connectivity index (χ1) is 9.54. The molecule has 0 aliphatic heterocycles. The van der Waals surface area contributed by atoms with E-state index in [-0.39, 0.29) is 5.91 Å². The predicted octanol–water partition coefficient (Wildman–Crippen LogP) is 3.96. The van der Waals surface area contributed by atoms with Crippen molar-refractivity contribution in [1.29, 1.82) is 0 Å². The Balaban J connectivity index is 1.90. The van der Waals surface area contributed by atoms with Gasteiger partial charge in [-0.2, -0.15) is 0 Å². The van der Waals surface area contributed by atoms with Crippen molar-refractivity contribution in [1.82, 2.24) is 0 Å². The lowest BCUT2D eigenvalue weighted by molar-refractivity contribution is -0.113. The SMILES string of the molecule is Cc1cccc(NC(=O)CSc2ccc(N)c(Cl)c2)c1. The Morgan fingerprint density at radius 2 is 2.10 bits per heavy atom. The van der Waals surface area contributed by atoms with Crippen LogP contribution in [0.3, 0.4) is 0 Å². The van der Waals surface area contributed by atoms with Gasteiger partial charge in [0.2, 0.25) is 5.91 Å². The number of nitrogens with two attached hydrogens (primary N) is 1. The van der Waals surface area contributed by atoms with Gasteiger partial charge in [-0.05, 0) is 42.8 Å². The molecule has 0 saturated heterocycles. The normalized spacial score (nSPS) is 10.3. The second-order valence-electron chi connectivity index (χ2n) is 4.39. The summed E-state index contributed by atoms with van der Waals surface area (Å²) >= 11 is 7.36. The lowest BCUT2D eigenvalue weighted by Gasteiger charge is -2.06. The molecule has 0 radical (unpaired) electrons. The monoisotopic (exact) mass is 306 g/mol. The highest BCUT2D eigenvalue weighted by atomic mass is 35.5. The van der Waals surface area contributed by atoms with Gasteiger partial charge in [0.05, 0.1) is 16.5 Å². The van der Waals surface area contributed by atoms with E-state index >= 15 is 0 Å². The fourth-order valence-electron chi connectivity index (χ4n) is 1.67. The first-order valence-electron chi connectivity index (χ1n) is 6.09. The van der Waals surface area contributed by atoms with E-state index in [1.807, 2.05) is 37.3 Å². The average molecular weight is 307 g/mol. The molecule has 104 valence electrons. The summed E-state index contributed by atoms with van der Waals surface area (Å²) in [6.45, 7) is 1.99. The van der Waals surface area contributed by atoms with E-state index in [0.29, 0.717) is 16.5 Å². The van der Waals surface area contributed by atoms with Crippen LogP contribution in [0.25, 0.3) is 0 Å². The Bertz CT molecular complexity index is 631. The number of thioether (sulfide) groups is 1. The van der Waals surface area contributed by atoms with Gasteiger partial charge < -0.3 is 11.1 Å². The minimum Gasteiger partial charge on any atom is -0.398 e. The van der Waals surface area contributed by atoms with Gasteiger partial charge in [-0.1, -0.05) is 23.7 Å². The van der Waals surface area contributed by atoms with Crippen LogP contribution in [0.15, 0.2) is 47.4 Å². The van der Waals surface area contributed by atoms with Crippen LogP contribution in [0, 0.1) is 6.92 Å². The Kier molecular flexibility index (Phi) is 4.93. The molecule has 1 amide bonds. The van der Waals surface area contributed by atoms with Crippen molar-refractivity contribution in [2.45, 2.75) is 11.8 Å². The van der Waals surface area contributed by atoms with Crippen LogP contribution < -0.4 is 11.1 Å². The molecule has 0 aliphatic carbocycles. The summed E-state index contributed by atoms with van der Waals surface area (Å²) in [5.41, 5.74) is 8.11. The number of hydrogen-bond donors (Lipinski definition) is 2. The number of nitrogen functional groups attached to an aromatic ring is 1. The maximum absolute atomic E-state index is 11.9. The zero-order chi connectivity index (χ0) is 14.5. The topological polar surface area (TPSA) is 55.1 Å². The molecule has 0 heterocycles. The summed E-state index contributed by atoms with van der Waals surface area (Å²) in [6, 6.07) is 13.1. The first-order valence-corrected chi connectivity index (χ1v) is 7.45. The van der Waals surface area contributed by atoms with Crippen molar-refractivity contribution >= 4 is 40.6 Å². The molecule has 20 heavy (non-hydrogen) atoms. The number of hydrogen-bond acceptors (Lipinski definition) is 3. The van der Waals surface area contributed by atoms with Crippen LogP contribution in [-0.4, -0.2) is 11.7 Å². The molecule has 5 heteroatoms. The molecule has 0 saturated carbocycles. The summed E-state index contributed by atoms with van der Waals surface area (Å²) in [5.74, 6) is 0.280. The summed E-state index contributed by atoms with van der Waals surface area (Å²) in [5, 5.41) is 3.37. The number of carbonyl (C=O) groups excluding carboxylic acids is 1. The van der Waals surface area contributed by atoms with Gasteiger partial charge in [0.15, 0.2) is 0 Å². The second kappa shape index (κ2) is 6.68. The Labute approximate surface area is 127 Å². The van der Waals surface area contributed by atoms with Gasteiger partial charge in [0.25, 0.3) is 0 Å². The number of aryl methyl sites for hydroxylation is 1. The predicted molar refractivity (Wildman–Crippen MR) is 86.4 cm³/mol. The molecule has 0 atom stereocenters. The molecule has 0 bridgehead atoms. The van der Waals surface area contributed by atoms with Gasteiger partial charge in [0, 0.05) is 10.6 Å². The Morgan fingerprint density at radius 1 is 1.30 bits per heavy atom. The Morgan fingerprint density at radius 3 is 2.80 bits per heavy atom. The summed E-state index contributed by atoms with van der Waals surface area (Å²) in [6.07, 6.45) is 0. The number of amides is 1. The first kappa shape index (κ1) is 14.8. The van der Waals surface area contributed by atoms with Crippen molar-refractivity contribution in [2.24, 2.45) is 0 Å². The molecule has 0 aromatic heterocycles. The molecule has 3 N–H and O–H groups in total. The van der Waals surface area contributed by atoms with Crippen molar-refractivity contribution in [3.05, 3.63) is 53.1 Å². The minimum absolute atomic E-state index is 0.0476. The lowest BCUT2D eigenvalue weighted by atomic mass is 10.2. The van der Waals surface area contributed by atoms with Crippen molar-refractivity contribution in [3.63, 3.8) is 0 Å². The largest absolute Gasteiger partial charge is 0.398 e. The smallest absolute Gasteiger partial charge is 0.234 e. The average Bonchev–Trinajstić information content (AvgIpc) is 2.40. The number of nitrogens with one attached hydrogen (secondary N) is 1. The van der Waals surface area contributed by atoms with E-state index in [9.17, 15) is 4.79 Å². The quantitative estimate of drug-likeness (QED) is 0.664. The molecule has 0 spiro atoms. The van der Waals surface area contributed by atoms with Gasteiger partial charge in [-0.3, -0.25) is 4.79 Å².